The Hall–Kier alpha value is -2.42. The Morgan fingerprint density at radius 2 is 1.88 bits per heavy atom. The van der Waals surface area contributed by atoms with Crippen LogP contribution < -0.4 is 15.8 Å². The van der Waals surface area contributed by atoms with Crippen LogP contribution in [0.3, 0.4) is 0 Å². The molecule has 0 saturated carbocycles. The average Bonchev–Trinajstić information content (AvgIpc) is 3.18. The molecule has 2 atom stereocenters. The topological polar surface area (TPSA) is 64.0 Å². The molecule has 2 N–H and O–H groups in total. The molecule has 0 amide bonds. The number of piperidine rings is 1. The number of nitriles is 1. The molecule has 0 bridgehead atoms. The van der Waals surface area contributed by atoms with Gasteiger partial charge in [-0.05, 0) is 36.5 Å². The van der Waals surface area contributed by atoms with Crippen molar-refractivity contribution >= 4 is 5.82 Å². The Bertz CT molecular complexity index is 746. The second kappa shape index (κ2) is 7.22. The minimum atomic E-state index is 0.462. The van der Waals surface area contributed by atoms with Crippen LogP contribution in [0.5, 0.6) is 0 Å². The highest BCUT2D eigenvalue weighted by Gasteiger charge is 2.36. The summed E-state index contributed by atoms with van der Waals surface area (Å²) in [5.41, 5.74) is 8.95. The predicted molar refractivity (Wildman–Crippen MR) is 98.0 cm³/mol. The quantitative estimate of drug-likeness (QED) is 0.903. The van der Waals surface area contributed by atoms with Gasteiger partial charge >= 0.3 is 0 Å². The van der Waals surface area contributed by atoms with Gasteiger partial charge in [0.2, 0.25) is 0 Å². The fraction of sp³-hybridized carbons (Fsp3) is 0.400. The maximum absolute atomic E-state index is 9.30. The molecule has 2 unspecified atom stereocenters. The fourth-order valence-corrected chi connectivity index (χ4v) is 4.19. The summed E-state index contributed by atoms with van der Waals surface area (Å²) in [6.45, 7) is 2.89. The highest BCUT2D eigenvalue weighted by Crippen LogP contribution is 2.33. The summed E-state index contributed by atoms with van der Waals surface area (Å²) in [5.74, 6) is 1.98. The van der Waals surface area contributed by atoms with Gasteiger partial charge in [0, 0.05) is 37.8 Å². The summed E-state index contributed by atoms with van der Waals surface area (Å²) in [4.78, 5) is 6.69. The average molecular weight is 333 g/mol. The lowest BCUT2D eigenvalue weighted by atomic mass is 9.80. The van der Waals surface area contributed by atoms with E-state index in [2.05, 4.69) is 57.1 Å². The Morgan fingerprint density at radius 3 is 2.64 bits per heavy atom. The van der Waals surface area contributed by atoms with Gasteiger partial charge in [0.25, 0.3) is 0 Å². The Balaban J connectivity index is 1.44. The van der Waals surface area contributed by atoms with Crippen LogP contribution in [-0.4, -0.2) is 30.7 Å². The SMILES string of the molecule is N#Cc1cccnc1N1CCC(C2NNCC2c2ccccc2)CC1. The van der Waals surface area contributed by atoms with Gasteiger partial charge < -0.3 is 4.90 Å². The molecule has 5 heteroatoms. The minimum absolute atomic E-state index is 0.462. The second-order valence-corrected chi connectivity index (χ2v) is 6.88. The zero-order chi connectivity index (χ0) is 17.1. The van der Waals surface area contributed by atoms with E-state index in [-0.39, 0.29) is 0 Å². The molecule has 2 fully saturated rings. The normalized spacial score (nSPS) is 24.2. The van der Waals surface area contributed by atoms with E-state index >= 15 is 0 Å². The van der Waals surface area contributed by atoms with Crippen LogP contribution in [0.15, 0.2) is 48.7 Å². The summed E-state index contributed by atoms with van der Waals surface area (Å²) in [6, 6.07) is 17.2. The number of pyridine rings is 1. The Kier molecular flexibility index (Phi) is 4.64. The van der Waals surface area contributed by atoms with Crippen LogP contribution in [0.2, 0.25) is 0 Å². The number of hydrazine groups is 1. The number of nitrogens with one attached hydrogen (secondary N) is 2. The summed E-state index contributed by atoms with van der Waals surface area (Å²) >= 11 is 0. The molecule has 0 radical (unpaired) electrons. The van der Waals surface area contributed by atoms with Crippen molar-refractivity contribution in [1.29, 1.82) is 5.26 Å². The second-order valence-electron chi connectivity index (χ2n) is 6.88. The van der Waals surface area contributed by atoms with Crippen molar-refractivity contribution in [2.45, 2.75) is 24.8 Å². The van der Waals surface area contributed by atoms with Crippen molar-refractivity contribution in [3.8, 4) is 6.07 Å². The zero-order valence-corrected chi connectivity index (χ0v) is 14.2. The largest absolute Gasteiger partial charge is 0.356 e. The number of hydrogen-bond donors (Lipinski definition) is 2. The van der Waals surface area contributed by atoms with Crippen molar-refractivity contribution in [1.82, 2.24) is 15.8 Å². The van der Waals surface area contributed by atoms with Crippen LogP contribution in [0, 0.1) is 17.2 Å². The molecular weight excluding hydrogens is 310 g/mol. The molecule has 128 valence electrons. The molecule has 3 heterocycles. The van der Waals surface area contributed by atoms with Crippen molar-refractivity contribution in [3.05, 3.63) is 59.8 Å². The maximum atomic E-state index is 9.30. The number of rotatable bonds is 3. The van der Waals surface area contributed by atoms with Gasteiger partial charge in [-0.1, -0.05) is 30.3 Å². The summed E-state index contributed by atoms with van der Waals surface area (Å²) in [6.07, 6.45) is 4.00. The number of anilines is 1. The number of hydrogen-bond acceptors (Lipinski definition) is 5. The van der Waals surface area contributed by atoms with E-state index < -0.39 is 0 Å². The lowest BCUT2D eigenvalue weighted by Crippen LogP contribution is -2.44. The van der Waals surface area contributed by atoms with E-state index in [9.17, 15) is 5.26 Å². The summed E-state index contributed by atoms with van der Waals surface area (Å²) in [5, 5.41) is 9.30. The minimum Gasteiger partial charge on any atom is -0.356 e. The highest BCUT2D eigenvalue weighted by atomic mass is 15.4. The third-order valence-corrected chi connectivity index (χ3v) is 5.51. The van der Waals surface area contributed by atoms with Gasteiger partial charge in [-0.2, -0.15) is 5.26 Å². The van der Waals surface area contributed by atoms with Crippen LogP contribution in [0.1, 0.15) is 29.9 Å². The molecule has 2 aliphatic rings. The molecule has 0 aliphatic carbocycles. The van der Waals surface area contributed by atoms with E-state index in [1.165, 1.54) is 5.56 Å². The molecule has 1 aromatic carbocycles. The molecule has 4 rings (SSSR count). The zero-order valence-electron chi connectivity index (χ0n) is 14.2. The third-order valence-electron chi connectivity index (χ3n) is 5.51. The van der Waals surface area contributed by atoms with Crippen LogP contribution in [-0.2, 0) is 0 Å². The lowest BCUT2D eigenvalue weighted by molar-refractivity contribution is 0.295. The molecule has 5 nitrogen and oxygen atoms in total. The van der Waals surface area contributed by atoms with Gasteiger partial charge in [-0.15, -0.1) is 0 Å². The molecule has 2 aromatic rings. The van der Waals surface area contributed by atoms with Crippen molar-refractivity contribution in [3.63, 3.8) is 0 Å². The van der Waals surface area contributed by atoms with Crippen LogP contribution in [0.4, 0.5) is 5.82 Å². The smallest absolute Gasteiger partial charge is 0.146 e. The molecule has 2 saturated heterocycles. The van der Waals surface area contributed by atoms with Crippen molar-refractivity contribution in [2.24, 2.45) is 5.92 Å². The van der Waals surface area contributed by atoms with Crippen LogP contribution >= 0.6 is 0 Å². The Morgan fingerprint density at radius 1 is 1.08 bits per heavy atom. The fourth-order valence-electron chi connectivity index (χ4n) is 4.19. The number of nitrogens with zero attached hydrogens (tertiary/aromatic N) is 3. The van der Waals surface area contributed by atoms with Crippen LogP contribution in [0.25, 0.3) is 0 Å². The van der Waals surface area contributed by atoms with E-state index in [1.807, 2.05) is 12.1 Å². The Labute approximate surface area is 148 Å². The summed E-state index contributed by atoms with van der Waals surface area (Å²) < 4.78 is 0. The van der Waals surface area contributed by atoms with Gasteiger partial charge in [-0.25, -0.2) is 4.98 Å². The standard InChI is InChI=1S/C20H23N5/c21-13-17-7-4-10-22-20(17)25-11-8-16(9-12-25)19-18(14-23-24-19)15-5-2-1-3-6-15/h1-7,10,16,18-19,23-24H,8-9,11-12,14H2. The van der Waals surface area contributed by atoms with Crippen molar-refractivity contribution < 1.29 is 0 Å². The summed E-state index contributed by atoms with van der Waals surface area (Å²) in [7, 11) is 0. The molecule has 2 aliphatic heterocycles. The molecular formula is C20H23N5. The van der Waals surface area contributed by atoms with E-state index in [1.54, 1.807) is 6.20 Å². The number of benzene rings is 1. The highest BCUT2D eigenvalue weighted by molar-refractivity contribution is 5.53. The van der Waals surface area contributed by atoms with Gasteiger partial charge in [-0.3, -0.25) is 10.9 Å². The first-order chi connectivity index (χ1) is 12.4. The van der Waals surface area contributed by atoms with E-state index in [0.29, 0.717) is 23.4 Å². The van der Waals surface area contributed by atoms with Crippen molar-refractivity contribution in [2.75, 3.05) is 24.5 Å². The predicted octanol–water partition coefficient (Wildman–Crippen LogP) is 2.43. The number of aromatic nitrogens is 1. The first-order valence-corrected chi connectivity index (χ1v) is 9.00. The van der Waals surface area contributed by atoms with E-state index in [4.69, 9.17) is 0 Å². The van der Waals surface area contributed by atoms with Gasteiger partial charge in [0.05, 0.1) is 5.56 Å². The lowest BCUT2D eigenvalue weighted by Gasteiger charge is -2.37. The first-order valence-electron chi connectivity index (χ1n) is 9.00. The maximum Gasteiger partial charge on any atom is 0.146 e. The van der Waals surface area contributed by atoms with E-state index in [0.717, 1.165) is 38.3 Å². The molecule has 1 aromatic heterocycles. The monoisotopic (exact) mass is 333 g/mol. The molecule has 25 heavy (non-hydrogen) atoms. The third kappa shape index (κ3) is 3.23. The van der Waals surface area contributed by atoms with Gasteiger partial charge in [0.15, 0.2) is 0 Å². The molecule has 0 spiro atoms. The van der Waals surface area contributed by atoms with Gasteiger partial charge in [0.1, 0.15) is 11.9 Å². The first kappa shape index (κ1) is 16.1.